The number of aryl methyl sites for hydroxylation is 1. The molecule has 0 saturated carbocycles. The van der Waals surface area contributed by atoms with Gasteiger partial charge in [-0.05, 0) is 30.7 Å². The number of benzene rings is 1. The van der Waals surface area contributed by atoms with Gasteiger partial charge in [-0.2, -0.15) is 0 Å². The van der Waals surface area contributed by atoms with E-state index in [9.17, 15) is 9.18 Å². The summed E-state index contributed by atoms with van der Waals surface area (Å²) in [6.45, 7) is 2.45. The number of amides is 1. The molecule has 1 amide bonds. The maximum atomic E-state index is 12.9. The second-order valence-electron chi connectivity index (χ2n) is 3.23. The molecule has 0 spiro atoms. The van der Waals surface area contributed by atoms with Gasteiger partial charge in [0.05, 0.1) is 0 Å². The van der Waals surface area contributed by atoms with Crippen molar-refractivity contribution < 1.29 is 9.18 Å². The molecular formula is C10H10FNO. The first kappa shape index (κ1) is 8.23. The summed E-state index contributed by atoms with van der Waals surface area (Å²) in [4.78, 5) is 12.7. The molecule has 0 N–H and O–H groups in total. The van der Waals surface area contributed by atoms with Crippen molar-refractivity contribution in [3.8, 4) is 0 Å². The molecule has 1 aliphatic heterocycles. The third kappa shape index (κ3) is 1.30. The van der Waals surface area contributed by atoms with Crippen molar-refractivity contribution in [2.24, 2.45) is 0 Å². The fourth-order valence-corrected chi connectivity index (χ4v) is 1.38. The van der Waals surface area contributed by atoms with Crippen molar-refractivity contribution in [1.29, 1.82) is 0 Å². The lowest BCUT2D eigenvalue weighted by Gasteiger charge is -2.30. The first-order chi connectivity index (χ1) is 6.18. The average molecular weight is 179 g/mol. The number of carbonyl (C=O) groups excluding carboxylic acids is 1. The van der Waals surface area contributed by atoms with E-state index in [1.807, 2.05) is 0 Å². The van der Waals surface area contributed by atoms with Crippen LogP contribution in [-0.2, 0) is 4.79 Å². The largest absolute Gasteiger partial charge is 0.312 e. The molecule has 1 aliphatic rings. The quantitative estimate of drug-likeness (QED) is 0.603. The zero-order chi connectivity index (χ0) is 9.42. The lowest BCUT2D eigenvalue weighted by Crippen LogP contribution is -2.43. The van der Waals surface area contributed by atoms with Crippen LogP contribution in [0.1, 0.15) is 12.0 Å². The highest BCUT2D eigenvalue weighted by atomic mass is 19.1. The van der Waals surface area contributed by atoms with Gasteiger partial charge in [0, 0.05) is 18.7 Å². The molecule has 1 aromatic carbocycles. The van der Waals surface area contributed by atoms with Crippen molar-refractivity contribution in [2.75, 3.05) is 11.4 Å². The zero-order valence-corrected chi connectivity index (χ0v) is 7.38. The summed E-state index contributed by atoms with van der Waals surface area (Å²) < 4.78 is 12.9. The zero-order valence-electron chi connectivity index (χ0n) is 7.38. The number of halogens is 1. The molecule has 0 radical (unpaired) electrons. The Kier molecular flexibility index (Phi) is 1.79. The minimum atomic E-state index is -0.225. The van der Waals surface area contributed by atoms with Crippen LogP contribution in [0.5, 0.6) is 0 Å². The number of rotatable bonds is 1. The van der Waals surface area contributed by atoms with E-state index in [0.29, 0.717) is 12.0 Å². The summed E-state index contributed by atoms with van der Waals surface area (Å²) in [6, 6.07) is 4.74. The van der Waals surface area contributed by atoms with Crippen molar-refractivity contribution in [3.63, 3.8) is 0 Å². The van der Waals surface area contributed by atoms with E-state index < -0.39 is 0 Å². The van der Waals surface area contributed by atoms with Gasteiger partial charge in [-0.1, -0.05) is 0 Å². The van der Waals surface area contributed by atoms with Crippen molar-refractivity contribution in [3.05, 3.63) is 29.6 Å². The van der Waals surface area contributed by atoms with Crippen molar-refractivity contribution in [2.45, 2.75) is 13.3 Å². The lowest BCUT2D eigenvalue weighted by atomic mass is 10.1. The van der Waals surface area contributed by atoms with Gasteiger partial charge < -0.3 is 4.90 Å². The first-order valence-electron chi connectivity index (χ1n) is 4.25. The predicted octanol–water partition coefficient (Wildman–Crippen LogP) is 1.87. The van der Waals surface area contributed by atoms with E-state index in [2.05, 4.69) is 0 Å². The molecule has 1 fully saturated rings. The minimum Gasteiger partial charge on any atom is -0.312 e. The molecule has 1 aromatic rings. The smallest absolute Gasteiger partial charge is 0.228 e. The van der Waals surface area contributed by atoms with Crippen LogP contribution in [0.2, 0.25) is 0 Å². The van der Waals surface area contributed by atoms with Gasteiger partial charge in [0.2, 0.25) is 5.91 Å². The highest BCUT2D eigenvalue weighted by Crippen LogP contribution is 2.23. The number of carbonyl (C=O) groups is 1. The molecule has 2 rings (SSSR count). The number of hydrogen-bond acceptors (Lipinski definition) is 1. The Labute approximate surface area is 76.0 Å². The van der Waals surface area contributed by atoms with Gasteiger partial charge in [-0.25, -0.2) is 4.39 Å². The molecule has 0 atom stereocenters. The number of nitrogens with zero attached hydrogens (tertiary/aromatic N) is 1. The summed E-state index contributed by atoms with van der Waals surface area (Å²) in [5.41, 5.74) is 1.38. The minimum absolute atomic E-state index is 0.117. The summed E-state index contributed by atoms with van der Waals surface area (Å²) in [5.74, 6) is -0.109. The van der Waals surface area contributed by atoms with E-state index in [1.54, 1.807) is 24.0 Å². The van der Waals surface area contributed by atoms with Gasteiger partial charge in [0.25, 0.3) is 0 Å². The Morgan fingerprint density at radius 1 is 1.46 bits per heavy atom. The maximum Gasteiger partial charge on any atom is 0.228 e. The van der Waals surface area contributed by atoms with E-state index in [-0.39, 0.29) is 11.7 Å². The monoisotopic (exact) mass is 179 g/mol. The third-order valence-corrected chi connectivity index (χ3v) is 2.30. The highest BCUT2D eigenvalue weighted by Gasteiger charge is 2.25. The average Bonchev–Trinajstić information content (AvgIpc) is 2.09. The van der Waals surface area contributed by atoms with Gasteiger partial charge in [0.1, 0.15) is 5.82 Å². The summed E-state index contributed by atoms with van der Waals surface area (Å²) >= 11 is 0. The lowest BCUT2D eigenvalue weighted by molar-refractivity contribution is -0.122. The van der Waals surface area contributed by atoms with E-state index in [4.69, 9.17) is 0 Å². The fourth-order valence-electron chi connectivity index (χ4n) is 1.38. The Hall–Kier alpha value is -1.38. The Morgan fingerprint density at radius 2 is 2.23 bits per heavy atom. The van der Waals surface area contributed by atoms with E-state index in [0.717, 1.165) is 12.2 Å². The molecule has 0 aromatic heterocycles. The molecule has 68 valence electrons. The Morgan fingerprint density at radius 3 is 2.69 bits per heavy atom. The van der Waals surface area contributed by atoms with Gasteiger partial charge in [0.15, 0.2) is 0 Å². The Bertz CT molecular complexity index is 362. The van der Waals surface area contributed by atoms with Crippen LogP contribution in [0.4, 0.5) is 10.1 Å². The summed E-state index contributed by atoms with van der Waals surface area (Å²) in [7, 11) is 0. The van der Waals surface area contributed by atoms with Gasteiger partial charge in [-0.15, -0.1) is 0 Å². The summed E-state index contributed by atoms with van der Waals surface area (Å²) in [6.07, 6.45) is 0.608. The molecule has 0 unspecified atom stereocenters. The first-order valence-corrected chi connectivity index (χ1v) is 4.25. The van der Waals surface area contributed by atoms with Crippen LogP contribution >= 0.6 is 0 Å². The normalized spacial score (nSPS) is 15.8. The molecule has 2 nitrogen and oxygen atoms in total. The second kappa shape index (κ2) is 2.83. The van der Waals surface area contributed by atoms with Crippen LogP contribution in [0, 0.1) is 12.7 Å². The number of hydrogen-bond donors (Lipinski definition) is 0. The van der Waals surface area contributed by atoms with Crippen LogP contribution < -0.4 is 4.90 Å². The topological polar surface area (TPSA) is 20.3 Å². The van der Waals surface area contributed by atoms with E-state index >= 15 is 0 Å². The SMILES string of the molecule is Cc1cc(N2CCC2=O)ccc1F. The van der Waals surface area contributed by atoms with Crippen LogP contribution in [0.15, 0.2) is 18.2 Å². The molecule has 0 aliphatic carbocycles. The number of β-lactam (4-membered cyclic amide) rings is 1. The Balaban J connectivity index is 2.31. The second-order valence-corrected chi connectivity index (χ2v) is 3.23. The summed E-state index contributed by atoms with van der Waals surface area (Å²) in [5, 5.41) is 0. The van der Waals surface area contributed by atoms with Crippen LogP contribution in [0.25, 0.3) is 0 Å². The predicted molar refractivity (Wildman–Crippen MR) is 48.1 cm³/mol. The molecule has 3 heteroatoms. The van der Waals surface area contributed by atoms with Crippen molar-refractivity contribution >= 4 is 11.6 Å². The van der Waals surface area contributed by atoms with Gasteiger partial charge in [-0.3, -0.25) is 4.79 Å². The molecule has 1 saturated heterocycles. The van der Waals surface area contributed by atoms with Gasteiger partial charge >= 0.3 is 0 Å². The standard InChI is InChI=1S/C10H10FNO/c1-7-6-8(2-3-9(7)11)12-5-4-10(12)13/h2-3,6H,4-5H2,1H3. The fraction of sp³-hybridized carbons (Fsp3) is 0.300. The van der Waals surface area contributed by atoms with E-state index in [1.165, 1.54) is 6.07 Å². The molecule has 0 bridgehead atoms. The molecule has 1 heterocycles. The highest BCUT2D eigenvalue weighted by molar-refractivity contribution is 5.99. The number of anilines is 1. The maximum absolute atomic E-state index is 12.9. The van der Waals surface area contributed by atoms with Crippen LogP contribution in [-0.4, -0.2) is 12.5 Å². The third-order valence-electron chi connectivity index (χ3n) is 2.30. The van der Waals surface area contributed by atoms with Crippen LogP contribution in [0.3, 0.4) is 0 Å². The van der Waals surface area contributed by atoms with Crippen molar-refractivity contribution in [1.82, 2.24) is 0 Å². The molecule has 13 heavy (non-hydrogen) atoms. The molecular weight excluding hydrogens is 169 g/mol.